The Hall–Kier alpha value is -3.04. The van der Waals surface area contributed by atoms with Gasteiger partial charge in [-0.1, -0.05) is 36.4 Å². The highest BCUT2D eigenvalue weighted by atomic mass is 32.2. The van der Waals surface area contributed by atoms with Gasteiger partial charge in [-0.2, -0.15) is 0 Å². The second kappa shape index (κ2) is 9.25. The summed E-state index contributed by atoms with van der Waals surface area (Å²) in [5.41, 5.74) is 0.689. The molecule has 0 aliphatic heterocycles. The van der Waals surface area contributed by atoms with Crippen molar-refractivity contribution in [1.29, 1.82) is 0 Å². The average Bonchev–Trinajstić information content (AvgIpc) is 2.66. The van der Waals surface area contributed by atoms with E-state index < -0.39 is 28.0 Å². The zero-order chi connectivity index (χ0) is 20.7. The number of Topliss-reactive ketones (excluding diaryl/α,β-unsaturated/α-hetero) is 1. The zero-order valence-corrected chi connectivity index (χ0v) is 15.9. The van der Waals surface area contributed by atoms with Gasteiger partial charge in [0.05, 0.1) is 11.3 Å². The summed E-state index contributed by atoms with van der Waals surface area (Å²) in [7, 11) is -3.91. The van der Waals surface area contributed by atoms with Crippen molar-refractivity contribution in [3.8, 4) is 0 Å². The largest absolute Gasteiger partial charge is 0.453 e. The number of carbonyl (C=O) groups excluding carboxylic acids is 3. The Morgan fingerprint density at radius 2 is 1.71 bits per heavy atom. The number of ketones is 1. The van der Waals surface area contributed by atoms with Crippen LogP contribution in [0, 0.1) is 0 Å². The van der Waals surface area contributed by atoms with Gasteiger partial charge in [-0.15, -0.1) is 0 Å². The lowest BCUT2D eigenvalue weighted by atomic mass is 10.1. The number of benzene rings is 2. The first kappa shape index (κ1) is 21.3. The molecule has 0 saturated heterocycles. The summed E-state index contributed by atoms with van der Waals surface area (Å²) in [6.45, 7) is 1.37. The van der Waals surface area contributed by atoms with Crippen LogP contribution in [-0.2, 0) is 24.3 Å². The Morgan fingerprint density at radius 3 is 2.36 bits per heavy atom. The number of nitrogens with one attached hydrogen (secondary N) is 1. The molecule has 0 heterocycles. The number of hydrogen-bond donors (Lipinski definition) is 2. The zero-order valence-electron chi connectivity index (χ0n) is 15.1. The van der Waals surface area contributed by atoms with Gasteiger partial charge >= 0.3 is 5.97 Å². The second-order valence-corrected chi connectivity index (χ2v) is 7.54. The van der Waals surface area contributed by atoms with Crippen molar-refractivity contribution in [2.24, 2.45) is 5.14 Å². The molecule has 0 aliphatic carbocycles. The van der Waals surface area contributed by atoms with Crippen LogP contribution in [0.15, 0.2) is 59.5 Å². The number of ether oxygens (including phenoxy) is 1. The van der Waals surface area contributed by atoms with Gasteiger partial charge < -0.3 is 10.1 Å². The molecule has 1 amide bonds. The quantitative estimate of drug-likeness (QED) is 0.510. The van der Waals surface area contributed by atoms with Crippen LogP contribution < -0.4 is 10.5 Å². The normalized spacial score (nSPS) is 12.1. The number of rotatable bonds is 8. The molecule has 0 aromatic heterocycles. The molecule has 3 N–H and O–H groups in total. The number of nitrogens with two attached hydrogens (primary N) is 1. The highest BCUT2D eigenvalue weighted by molar-refractivity contribution is 7.89. The van der Waals surface area contributed by atoms with E-state index in [1.165, 1.54) is 31.2 Å². The fraction of sp³-hybridized carbons (Fsp3) is 0.211. The van der Waals surface area contributed by atoms with Crippen LogP contribution in [0.3, 0.4) is 0 Å². The SMILES string of the molecule is C[C@H](OC(=O)CCC(=O)c1ccccc1)C(=O)Nc1cccc(S(N)(=O)=O)c1. The lowest BCUT2D eigenvalue weighted by Gasteiger charge is -2.14. The van der Waals surface area contributed by atoms with E-state index in [0.717, 1.165) is 0 Å². The molecule has 2 aromatic carbocycles. The number of primary sulfonamides is 1. The van der Waals surface area contributed by atoms with Crippen molar-refractivity contribution >= 4 is 33.4 Å². The first-order chi connectivity index (χ1) is 13.2. The minimum Gasteiger partial charge on any atom is -0.453 e. The highest BCUT2D eigenvalue weighted by Gasteiger charge is 2.19. The average molecular weight is 404 g/mol. The van der Waals surface area contributed by atoms with E-state index >= 15 is 0 Å². The standard InChI is InChI=1S/C19H20N2O6S/c1-13(19(24)21-15-8-5-9-16(12-15)28(20,25)26)27-18(23)11-10-17(22)14-6-3-2-4-7-14/h2-9,12-13H,10-11H2,1H3,(H,21,24)(H2,20,25,26)/t13-/m0/s1. The van der Waals surface area contributed by atoms with Crippen LogP contribution in [0.25, 0.3) is 0 Å². The molecule has 0 fully saturated rings. The number of sulfonamides is 1. The van der Waals surface area contributed by atoms with Crippen molar-refractivity contribution in [3.63, 3.8) is 0 Å². The van der Waals surface area contributed by atoms with Crippen LogP contribution in [0.5, 0.6) is 0 Å². The molecule has 28 heavy (non-hydrogen) atoms. The van der Waals surface area contributed by atoms with Crippen molar-refractivity contribution in [3.05, 3.63) is 60.2 Å². The van der Waals surface area contributed by atoms with Gasteiger partial charge in [-0.3, -0.25) is 14.4 Å². The Morgan fingerprint density at radius 1 is 1.04 bits per heavy atom. The molecule has 0 bridgehead atoms. The highest BCUT2D eigenvalue weighted by Crippen LogP contribution is 2.15. The predicted octanol–water partition coefficient (Wildman–Crippen LogP) is 1.87. The number of carbonyl (C=O) groups is 3. The van der Waals surface area contributed by atoms with Crippen molar-refractivity contribution in [2.75, 3.05) is 5.32 Å². The third-order valence-corrected chi connectivity index (χ3v) is 4.67. The van der Waals surface area contributed by atoms with E-state index in [4.69, 9.17) is 9.88 Å². The summed E-state index contributed by atoms with van der Waals surface area (Å²) in [4.78, 5) is 35.8. The van der Waals surface area contributed by atoms with Crippen molar-refractivity contribution < 1.29 is 27.5 Å². The van der Waals surface area contributed by atoms with Crippen LogP contribution in [0.4, 0.5) is 5.69 Å². The number of esters is 1. The molecule has 148 valence electrons. The Bertz CT molecular complexity index is 973. The second-order valence-electron chi connectivity index (χ2n) is 5.98. The van der Waals surface area contributed by atoms with Gasteiger partial charge in [0.15, 0.2) is 11.9 Å². The molecule has 9 heteroatoms. The molecule has 8 nitrogen and oxygen atoms in total. The fourth-order valence-corrected chi connectivity index (χ4v) is 2.85. The van der Waals surface area contributed by atoms with Crippen LogP contribution in [0.2, 0.25) is 0 Å². The monoisotopic (exact) mass is 404 g/mol. The molecule has 1 atom stereocenters. The molecule has 0 saturated carbocycles. The van der Waals surface area contributed by atoms with Gasteiger partial charge in [-0.05, 0) is 25.1 Å². The Balaban J connectivity index is 1.86. The Kier molecular flexibility index (Phi) is 7.02. The maximum atomic E-state index is 12.1. The van der Waals surface area contributed by atoms with Gasteiger partial charge in [-0.25, -0.2) is 13.6 Å². The summed E-state index contributed by atoms with van der Waals surface area (Å²) in [6.07, 6.45) is -1.32. The van der Waals surface area contributed by atoms with E-state index in [9.17, 15) is 22.8 Å². The molecule has 0 unspecified atom stereocenters. The number of anilines is 1. The topological polar surface area (TPSA) is 133 Å². The number of hydrogen-bond acceptors (Lipinski definition) is 6. The summed E-state index contributed by atoms with van der Waals surface area (Å²) in [6, 6.07) is 13.9. The van der Waals surface area contributed by atoms with Crippen LogP contribution in [0.1, 0.15) is 30.1 Å². The van der Waals surface area contributed by atoms with E-state index in [1.807, 2.05) is 0 Å². The van der Waals surface area contributed by atoms with Gasteiger partial charge in [0.25, 0.3) is 5.91 Å². The summed E-state index contributed by atoms with van der Waals surface area (Å²) in [5, 5.41) is 7.49. The fourth-order valence-electron chi connectivity index (χ4n) is 2.29. The maximum Gasteiger partial charge on any atom is 0.307 e. The molecule has 2 rings (SSSR count). The lowest BCUT2D eigenvalue weighted by molar-refractivity contribution is -0.153. The molecular weight excluding hydrogens is 384 g/mol. The minimum atomic E-state index is -3.91. The van der Waals surface area contributed by atoms with Crippen LogP contribution in [-0.4, -0.2) is 32.2 Å². The van der Waals surface area contributed by atoms with Crippen LogP contribution >= 0.6 is 0 Å². The Labute approximate surface area is 162 Å². The smallest absolute Gasteiger partial charge is 0.307 e. The molecule has 0 spiro atoms. The maximum absolute atomic E-state index is 12.1. The first-order valence-corrected chi connectivity index (χ1v) is 9.93. The summed E-state index contributed by atoms with van der Waals surface area (Å²) < 4.78 is 27.7. The van der Waals surface area contributed by atoms with E-state index in [1.54, 1.807) is 30.3 Å². The lowest BCUT2D eigenvalue weighted by Crippen LogP contribution is -2.30. The number of amides is 1. The summed E-state index contributed by atoms with van der Waals surface area (Å²) >= 11 is 0. The van der Waals surface area contributed by atoms with E-state index in [2.05, 4.69) is 5.32 Å². The van der Waals surface area contributed by atoms with Gasteiger partial charge in [0, 0.05) is 17.7 Å². The summed E-state index contributed by atoms with van der Waals surface area (Å²) in [5.74, 6) is -1.53. The van der Waals surface area contributed by atoms with Gasteiger partial charge in [0.1, 0.15) is 0 Å². The molecule has 0 radical (unpaired) electrons. The molecule has 2 aromatic rings. The predicted molar refractivity (Wildman–Crippen MR) is 102 cm³/mol. The van der Waals surface area contributed by atoms with Crippen molar-refractivity contribution in [2.45, 2.75) is 30.8 Å². The third kappa shape index (κ3) is 6.29. The van der Waals surface area contributed by atoms with Gasteiger partial charge in [0.2, 0.25) is 10.0 Å². The minimum absolute atomic E-state index is 0.0341. The molecule has 0 aliphatic rings. The van der Waals surface area contributed by atoms with E-state index in [0.29, 0.717) is 5.56 Å². The van der Waals surface area contributed by atoms with Crippen molar-refractivity contribution in [1.82, 2.24) is 0 Å². The van der Waals surface area contributed by atoms with E-state index in [-0.39, 0.29) is 29.2 Å². The first-order valence-electron chi connectivity index (χ1n) is 8.38. The molecular formula is C19H20N2O6S. The third-order valence-electron chi connectivity index (χ3n) is 3.76.